The Morgan fingerprint density at radius 3 is 2.94 bits per heavy atom. The average Bonchev–Trinajstić information content (AvgIpc) is 2.66. The Labute approximate surface area is 95.9 Å². The fourth-order valence-corrected chi connectivity index (χ4v) is 1.79. The SMILES string of the molecule is CCCc1cnn(Cc2cccc(N)c2)c1. The van der Waals surface area contributed by atoms with Crippen LogP contribution in [0.25, 0.3) is 0 Å². The molecule has 1 aromatic heterocycles. The summed E-state index contributed by atoms with van der Waals surface area (Å²) in [5.41, 5.74) is 9.02. The van der Waals surface area contributed by atoms with Gasteiger partial charge >= 0.3 is 0 Å². The molecule has 0 aliphatic heterocycles. The van der Waals surface area contributed by atoms with Crippen molar-refractivity contribution in [2.24, 2.45) is 0 Å². The normalized spacial score (nSPS) is 10.6. The number of hydrogen-bond donors (Lipinski definition) is 1. The van der Waals surface area contributed by atoms with Gasteiger partial charge in [0.25, 0.3) is 0 Å². The number of nitrogen functional groups attached to an aromatic ring is 1. The molecule has 2 rings (SSSR count). The molecule has 0 saturated carbocycles. The van der Waals surface area contributed by atoms with E-state index in [1.165, 1.54) is 11.1 Å². The molecule has 84 valence electrons. The van der Waals surface area contributed by atoms with Crippen LogP contribution in [0.1, 0.15) is 24.5 Å². The van der Waals surface area contributed by atoms with Crippen LogP contribution in [0, 0.1) is 0 Å². The summed E-state index contributed by atoms with van der Waals surface area (Å²) in [4.78, 5) is 0. The van der Waals surface area contributed by atoms with Crippen molar-refractivity contribution in [1.29, 1.82) is 0 Å². The lowest BCUT2D eigenvalue weighted by Gasteiger charge is -2.02. The van der Waals surface area contributed by atoms with Gasteiger partial charge in [-0.05, 0) is 29.7 Å². The predicted molar refractivity (Wildman–Crippen MR) is 66.2 cm³/mol. The number of anilines is 1. The minimum Gasteiger partial charge on any atom is -0.399 e. The molecule has 0 unspecified atom stereocenters. The Kier molecular flexibility index (Phi) is 3.25. The molecule has 0 atom stereocenters. The van der Waals surface area contributed by atoms with Crippen LogP contribution in [0.15, 0.2) is 36.7 Å². The van der Waals surface area contributed by atoms with E-state index in [2.05, 4.69) is 24.3 Å². The van der Waals surface area contributed by atoms with Gasteiger partial charge in [0.05, 0.1) is 12.7 Å². The molecule has 16 heavy (non-hydrogen) atoms. The zero-order chi connectivity index (χ0) is 11.4. The van der Waals surface area contributed by atoms with Gasteiger partial charge in [-0.2, -0.15) is 5.10 Å². The summed E-state index contributed by atoms with van der Waals surface area (Å²) in [5, 5.41) is 4.34. The molecule has 2 N–H and O–H groups in total. The number of aryl methyl sites for hydroxylation is 1. The smallest absolute Gasteiger partial charge is 0.0660 e. The molecule has 0 saturated heterocycles. The summed E-state index contributed by atoms with van der Waals surface area (Å²) >= 11 is 0. The van der Waals surface area contributed by atoms with Crippen molar-refractivity contribution in [3.63, 3.8) is 0 Å². The quantitative estimate of drug-likeness (QED) is 0.796. The Balaban J connectivity index is 2.08. The molecular weight excluding hydrogens is 198 g/mol. The zero-order valence-electron chi connectivity index (χ0n) is 9.56. The minimum atomic E-state index is 0.786. The van der Waals surface area contributed by atoms with Crippen molar-refractivity contribution in [3.05, 3.63) is 47.8 Å². The largest absolute Gasteiger partial charge is 0.399 e. The number of aromatic nitrogens is 2. The maximum Gasteiger partial charge on any atom is 0.0660 e. The van der Waals surface area contributed by atoms with Gasteiger partial charge in [-0.15, -0.1) is 0 Å². The molecule has 1 aromatic carbocycles. The maximum absolute atomic E-state index is 5.74. The molecule has 0 spiro atoms. The van der Waals surface area contributed by atoms with Gasteiger partial charge in [-0.3, -0.25) is 4.68 Å². The molecule has 2 aromatic rings. The van der Waals surface area contributed by atoms with E-state index >= 15 is 0 Å². The van der Waals surface area contributed by atoms with E-state index in [0.717, 1.165) is 25.1 Å². The first-order valence-corrected chi connectivity index (χ1v) is 5.63. The van der Waals surface area contributed by atoms with Gasteiger partial charge in [0, 0.05) is 11.9 Å². The highest BCUT2D eigenvalue weighted by atomic mass is 15.3. The fourth-order valence-electron chi connectivity index (χ4n) is 1.79. The van der Waals surface area contributed by atoms with E-state index in [9.17, 15) is 0 Å². The lowest BCUT2D eigenvalue weighted by atomic mass is 10.2. The first-order valence-electron chi connectivity index (χ1n) is 5.63. The van der Waals surface area contributed by atoms with Crippen molar-refractivity contribution < 1.29 is 0 Å². The van der Waals surface area contributed by atoms with Crippen molar-refractivity contribution >= 4 is 5.69 Å². The molecule has 0 fully saturated rings. The Morgan fingerprint density at radius 2 is 2.19 bits per heavy atom. The van der Waals surface area contributed by atoms with E-state index in [1.54, 1.807) is 0 Å². The van der Waals surface area contributed by atoms with Crippen molar-refractivity contribution in [2.45, 2.75) is 26.3 Å². The standard InChI is InChI=1S/C13H17N3/c1-2-4-12-8-15-16(10-12)9-11-5-3-6-13(14)7-11/h3,5-8,10H,2,4,9,14H2,1H3. The second kappa shape index (κ2) is 4.84. The highest BCUT2D eigenvalue weighted by Gasteiger charge is 1.99. The minimum absolute atomic E-state index is 0.786. The van der Waals surface area contributed by atoms with E-state index in [-0.39, 0.29) is 0 Å². The van der Waals surface area contributed by atoms with E-state index in [0.29, 0.717) is 0 Å². The summed E-state index contributed by atoms with van der Waals surface area (Å²) in [7, 11) is 0. The van der Waals surface area contributed by atoms with Gasteiger partial charge in [-0.25, -0.2) is 0 Å². The number of benzene rings is 1. The molecular formula is C13H17N3. The van der Waals surface area contributed by atoms with Crippen LogP contribution in [0.5, 0.6) is 0 Å². The summed E-state index contributed by atoms with van der Waals surface area (Å²) in [6.45, 7) is 2.96. The number of hydrogen-bond acceptors (Lipinski definition) is 2. The molecule has 0 amide bonds. The van der Waals surface area contributed by atoms with Crippen LogP contribution >= 0.6 is 0 Å². The Bertz CT molecular complexity index is 460. The second-order valence-corrected chi connectivity index (χ2v) is 4.04. The van der Waals surface area contributed by atoms with Crippen LogP contribution in [-0.4, -0.2) is 9.78 Å². The summed E-state index contributed by atoms with van der Waals surface area (Å²) in [5.74, 6) is 0. The highest BCUT2D eigenvalue weighted by molar-refractivity contribution is 5.40. The molecule has 1 heterocycles. The van der Waals surface area contributed by atoms with Gasteiger partial charge in [0.15, 0.2) is 0 Å². The average molecular weight is 215 g/mol. The van der Waals surface area contributed by atoms with Gasteiger partial charge in [0.2, 0.25) is 0 Å². The van der Waals surface area contributed by atoms with E-state index < -0.39 is 0 Å². The third-order valence-electron chi connectivity index (χ3n) is 2.52. The Morgan fingerprint density at radius 1 is 1.31 bits per heavy atom. The molecule has 0 bridgehead atoms. The van der Waals surface area contributed by atoms with Gasteiger partial charge < -0.3 is 5.73 Å². The third-order valence-corrected chi connectivity index (χ3v) is 2.52. The topological polar surface area (TPSA) is 43.8 Å². The van der Waals surface area contributed by atoms with E-state index in [4.69, 9.17) is 5.73 Å². The van der Waals surface area contributed by atoms with Crippen LogP contribution in [0.4, 0.5) is 5.69 Å². The molecule has 0 aliphatic carbocycles. The first-order chi connectivity index (χ1) is 7.78. The Hall–Kier alpha value is -1.77. The van der Waals surface area contributed by atoms with Crippen LogP contribution in [-0.2, 0) is 13.0 Å². The number of nitrogens with zero attached hydrogens (tertiary/aromatic N) is 2. The summed E-state index contributed by atoms with van der Waals surface area (Å²) in [6.07, 6.45) is 6.30. The molecule has 3 nitrogen and oxygen atoms in total. The lowest BCUT2D eigenvalue weighted by Crippen LogP contribution is -2.00. The fraction of sp³-hybridized carbons (Fsp3) is 0.308. The van der Waals surface area contributed by atoms with E-state index in [1.807, 2.05) is 29.1 Å². The zero-order valence-corrected chi connectivity index (χ0v) is 9.56. The van der Waals surface area contributed by atoms with Gasteiger partial charge in [-0.1, -0.05) is 25.5 Å². The molecule has 0 radical (unpaired) electrons. The number of nitrogens with two attached hydrogens (primary N) is 1. The number of rotatable bonds is 4. The second-order valence-electron chi connectivity index (χ2n) is 4.04. The van der Waals surface area contributed by atoms with Crippen molar-refractivity contribution in [3.8, 4) is 0 Å². The summed E-state index contributed by atoms with van der Waals surface area (Å²) in [6, 6.07) is 7.93. The van der Waals surface area contributed by atoms with Crippen molar-refractivity contribution in [2.75, 3.05) is 5.73 Å². The first kappa shape index (κ1) is 10.7. The van der Waals surface area contributed by atoms with Crippen LogP contribution < -0.4 is 5.73 Å². The van der Waals surface area contributed by atoms with Crippen LogP contribution in [0.2, 0.25) is 0 Å². The van der Waals surface area contributed by atoms with Gasteiger partial charge in [0.1, 0.15) is 0 Å². The third kappa shape index (κ3) is 2.63. The predicted octanol–water partition coefficient (Wildman–Crippen LogP) is 2.47. The highest BCUT2D eigenvalue weighted by Crippen LogP contribution is 2.09. The van der Waals surface area contributed by atoms with Crippen LogP contribution in [0.3, 0.4) is 0 Å². The molecule has 0 aliphatic rings. The maximum atomic E-state index is 5.74. The lowest BCUT2D eigenvalue weighted by molar-refractivity contribution is 0.686. The molecule has 3 heteroatoms. The summed E-state index contributed by atoms with van der Waals surface area (Å²) < 4.78 is 1.96. The monoisotopic (exact) mass is 215 g/mol. The van der Waals surface area contributed by atoms with Crippen molar-refractivity contribution in [1.82, 2.24) is 9.78 Å².